The average Bonchev–Trinajstić information content (AvgIpc) is 2.78. The summed E-state index contributed by atoms with van der Waals surface area (Å²) in [6.45, 7) is 6.21. The van der Waals surface area contributed by atoms with Crippen LogP contribution in [0.15, 0.2) is 24.3 Å². The summed E-state index contributed by atoms with van der Waals surface area (Å²) in [6, 6.07) is 7.87. The molecule has 20 heavy (non-hydrogen) atoms. The number of carboxylic acids is 1. The highest BCUT2D eigenvalue weighted by Gasteiger charge is 2.15. The summed E-state index contributed by atoms with van der Waals surface area (Å²) in [5.74, 6) is 0.264. The van der Waals surface area contributed by atoms with Gasteiger partial charge in [-0.3, -0.25) is 0 Å². The van der Waals surface area contributed by atoms with E-state index in [0.29, 0.717) is 23.2 Å². The molecule has 0 unspecified atom stereocenters. The Kier molecular flexibility index (Phi) is 4.39. The van der Waals surface area contributed by atoms with Crippen LogP contribution in [-0.2, 0) is 6.61 Å². The van der Waals surface area contributed by atoms with Crippen LogP contribution in [0.2, 0.25) is 0 Å². The molecule has 0 atom stereocenters. The number of aromatic nitrogens is 1. The van der Waals surface area contributed by atoms with Crippen molar-refractivity contribution in [2.75, 3.05) is 0 Å². The van der Waals surface area contributed by atoms with Crippen LogP contribution in [0.3, 0.4) is 0 Å². The Balaban J connectivity index is 2.13. The number of carboxylic acid groups (broad SMARTS) is 1. The smallest absolute Gasteiger partial charge is 0.347 e. The maximum atomic E-state index is 11.0. The molecule has 2 aromatic rings. The predicted molar refractivity (Wildman–Crippen MR) is 78.7 cm³/mol. The largest absolute Gasteiger partial charge is 0.486 e. The first-order valence-corrected chi connectivity index (χ1v) is 7.22. The fourth-order valence-corrected chi connectivity index (χ4v) is 2.76. The van der Waals surface area contributed by atoms with Crippen molar-refractivity contribution in [1.29, 1.82) is 0 Å². The van der Waals surface area contributed by atoms with Crippen LogP contribution in [0.5, 0.6) is 5.75 Å². The number of nitrogens with zero attached hydrogens (tertiary/aromatic N) is 1. The molecule has 0 fully saturated rings. The maximum Gasteiger partial charge on any atom is 0.347 e. The van der Waals surface area contributed by atoms with E-state index in [-0.39, 0.29) is 4.88 Å². The topological polar surface area (TPSA) is 59.4 Å². The molecule has 0 saturated carbocycles. The van der Waals surface area contributed by atoms with Crippen LogP contribution in [0.25, 0.3) is 0 Å². The van der Waals surface area contributed by atoms with E-state index in [1.54, 1.807) is 6.92 Å². The number of aromatic carboxylic acids is 1. The lowest BCUT2D eigenvalue weighted by molar-refractivity contribution is 0.0701. The van der Waals surface area contributed by atoms with E-state index in [0.717, 1.165) is 11.3 Å². The number of thiazole rings is 1. The Morgan fingerprint density at radius 3 is 2.70 bits per heavy atom. The fourth-order valence-electron chi connectivity index (χ4n) is 1.94. The second kappa shape index (κ2) is 6.05. The van der Waals surface area contributed by atoms with Gasteiger partial charge in [0, 0.05) is 0 Å². The monoisotopic (exact) mass is 291 g/mol. The number of hydrogen-bond acceptors (Lipinski definition) is 4. The standard InChI is InChI=1S/C15H17NO3S/c1-9(2)11-6-4-5-7-12(11)19-8-13-16-10(3)14(20-13)15(17)18/h4-7,9H,8H2,1-3H3,(H,17,18). The Morgan fingerprint density at radius 2 is 2.10 bits per heavy atom. The van der Waals surface area contributed by atoms with Crippen LogP contribution in [-0.4, -0.2) is 16.1 Å². The first-order valence-electron chi connectivity index (χ1n) is 6.40. The van der Waals surface area contributed by atoms with Gasteiger partial charge in [0.05, 0.1) is 5.69 Å². The summed E-state index contributed by atoms with van der Waals surface area (Å²) in [6.07, 6.45) is 0. The van der Waals surface area contributed by atoms with E-state index in [1.165, 1.54) is 11.3 Å². The van der Waals surface area contributed by atoms with E-state index >= 15 is 0 Å². The molecule has 0 aliphatic rings. The second-order valence-electron chi connectivity index (χ2n) is 4.81. The third-order valence-corrected chi connectivity index (χ3v) is 4.05. The number of carbonyl (C=O) groups is 1. The molecule has 0 spiro atoms. The molecule has 106 valence electrons. The van der Waals surface area contributed by atoms with Crippen molar-refractivity contribution in [3.8, 4) is 5.75 Å². The first-order chi connectivity index (χ1) is 9.49. The van der Waals surface area contributed by atoms with E-state index in [1.807, 2.05) is 24.3 Å². The van der Waals surface area contributed by atoms with Crippen molar-refractivity contribution in [3.63, 3.8) is 0 Å². The maximum absolute atomic E-state index is 11.0. The van der Waals surface area contributed by atoms with Crippen molar-refractivity contribution in [3.05, 3.63) is 45.4 Å². The third-order valence-electron chi connectivity index (χ3n) is 2.93. The zero-order valence-corrected chi connectivity index (χ0v) is 12.5. The highest BCUT2D eigenvalue weighted by Crippen LogP contribution is 2.27. The van der Waals surface area contributed by atoms with Crippen LogP contribution >= 0.6 is 11.3 Å². The number of hydrogen-bond donors (Lipinski definition) is 1. The minimum Gasteiger partial charge on any atom is -0.486 e. The number of rotatable bonds is 5. The van der Waals surface area contributed by atoms with Gasteiger partial charge in [0.2, 0.25) is 0 Å². The lowest BCUT2D eigenvalue weighted by Gasteiger charge is -2.12. The van der Waals surface area contributed by atoms with Gasteiger partial charge < -0.3 is 9.84 Å². The van der Waals surface area contributed by atoms with Gasteiger partial charge in [-0.25, -0.2) is 9.78 Å². The molecule has 0 saturated heterocycles. The minimum atomic E-state index is -0.936. The molecule has 0 amide bonds. The Morgan fingerprint density at radius 1 is 1.40 bits per heavy atom. The molecule has 1 aromatic heterocycles. The minimum absolute atomic E-state index is 0.278. The van der Waals surface area contributed by atoms with Crippen molar-refractivity contribution >= 4 is 17.3 Å². The third kappa shape index (κ3) is 3.17. The molecule has 1 aromatic carbocycles. The zero-order chi connectivity index (χ0) is 14.7. The number of benzene rings is 1. The zero-order valence-electron chi connectivity index (χ0n) is 11.7. The first kappa shape index (κ1) is 14.5. The molecular weight excluding hydrogens is 274 g/mol. The van der Waals surface area contributed by atoms with E-state index in [4.69, 9.17) is 9.84 Å². The molecule has 0 aliphatic carbocycles. The highest BCUT2D eigenvalue weighted by molar-refractivity contribution is 7.13. The predicted octanol–water partition coefficient (Wildman–Crippen LogP) is 3.85. The Hall–Kier alpha value is -1.88. The van der Waals surface area contributed by atoms with Crippen molar-refractivity contribution in [1.82, 2.24) is 4.98 Å². The average molecular weight is 291 g/mol. The molecule has 4 nitrogen and oxygen atoms in total. The van der Waals surface area contributed by atoms with Crippen LogP contribution in [0, 0.1) is 6.92 Å². The van der Waals surface area contributed by atoms with Gasteiger partial charge in [0.1, 0.15) is 22.2 Å². The van der Waals surface area contributed by atoms with Gasteiger partial charge in [0.15, 0.2) is 0 Å². The lowest BCUT2D eigenvalue weighted by atomic mass is 10.0. The molecule has 2 rings (SSSR count). The van der Waals surface area contributed by atoms with Gasteiger partial charge in [-0.15, -0.1) is 11.3 Å². The molecular formula is C15H17NO3S. The lowest BCUT2D eigenvalue weighted by Crippen LogP contribution is -1.99. The SMILES string of the molecule is Cc1nc(COc2ccccc2C(C)C)sc1C(=O)O. The fraction of sp³-hybridized carbons (Fsp3) is 0.333. The van der Waals surface area contributed by atoms with Crippen LogP contribution in [0.1, 0.15) is 45.7 Å². The second-order valence-corrected chi connectivity index (χ2v) is 5.89. The number of ether oxygens (including phenoxy) is 1. The van der Waals surface area contributed by atoms with Gasteiger partial charge in [-0.1, -0.05) is 32.0 Å². The molecule has 1 N–H and O–H groups in total. The summed E-state index contributed by atoms with van der Waals surface area (Å²) in [7, 11) is 0. The number of para-hydroxylation sites is 1. The molecule has 1 heterocycles. The highest BCUT2D eigenvalue weighted by atomic mass is 32.1. The van der Waals surface area contributed by atoms with Gasteiger partial charge in [0.25, 0.3) is 0 Å². The van der Waals surface area contributed by atoms with Crippen molar-refractivity contribution in [2.24, 2.45) is 0 Å². The van der Waals surface area contributed by atoms with Crippen molar-refractivity contribution < 1.29 is 14.6 Å². The van der Waals surface area contributed by atoms with E-state index < -0.39 is 5.97 Å². The summed E-state index contributed by atoms with van der Waals surface area (Å²) in [5.41, 5.74) is 1.68. The number of aryl methyl sites for hydroxylation is 1. The van der Waals surface area contributed by atoms with Gasteiger partial charge in [-0.2, -0.15) is 0 Å². The Labute approximate surface area is 122 Å². The van der Waals surface area contributed by atoms with Gasteiger partial charge >= 0.3 is 5.97 Å². The van der Waals surface area contributed by atoms with Crippen molar-refractivity contribution in [2.45, 2.75) is 33.3 Å². The van der Waals surface area contributed by atoms with Crippen LogP contribution < -0.4 is 4.74 Å². The molecule has 0 aliphatic heterocycles. The molecule has 0 bridgehead atoms. The summed E-state index contributed by atoms with van der Waals surface area (Å²) < 4.78 is 5.79. The van der Waals surface area contributed by atoms with E-state index in [2.05, 4.69) is 18.8 Å². The summed E-state index contributed by atoms with van der Waals surface area (Å²) in [5, 5.41) is 9.69. The van der Waals surface area contributed by atoms with Gasteiger partial charge in [-0.05, 0) is 24.5 Å². The van der Waals surface area contributed by atoms with Crippen LogP contribution in [0.4, 0.5) is 0 Å². The quantitative estimate of drug-likeness (QED) is 0.909. The normalized spacial score (nSPS) is 10.8. The Bertz CT molecular complexity index is 619. The summed E-state index contributed by atoms with van der Waals surface area (Å²) in [4.78, 5) is 15.5. The molecule has 5 heteroatoms. The van der Waals surface area contributed by atoms with E-state index in [9.17, 15) is 4.79 Å². The molecule has 0 radical (unpaired) electrons. The summed E-state index contributed by atoms with van der Waals surface area (Å²) >= 11 is 1.17.